The Hall–Kier alpha value is -1.17. The zero-order valence-electron chi connectivity index (χ0n) is 9.88. The number of alkyl halides is 3. The molecule has 0 heterocycles. The van der Waals surface area contributed by atoms with Crippen molar-refractivity contribution in [1.82, 2.24) is 0 Å². The minimum absolute atomic E-state index is 0. The number of halogens is 6. The molecule has 0 fully saturated rings. The molecule has 0 spiro atoms. The fraction of sp³-hybridized carbons (Fsp3) is 0.300. The molecule has 10 heteroatoms. The fourth-order valence-corrected chi connectivity index (χ4v) is 1.10. The van der Waals surface area contributed by atoms with E-state index in [-0.39, 0.29) is 42.2 Å². The van der Waals surface area contributed by atoms with Gasteiger partial charge in [0.15, 0.2) is 5.96 Å². The van der Waals surface area contributed by atoms with Crippen LogP contribution in [0.4, 0.5) is 27.6 Å². The van der Waals surface area contributed by atoms with Crippen molar-refractivity contribution in [2.45, 2.75) is 6.36 Å². The van der Waals surface area contributed by atoms with Gasteiger partial charge in [-0.15, -0.1) is 37.1 Å². The van der Waals surface area contributed by atoms with E-state index < -0.39 is 24.6 Å². The maximum absolute atomic E-state index is 13.2. The van der Waals surface area contributed by atoms with Gasteiger partial charge in [0.1, 0.15) is 11.6 Å². The Balaban J connectivity index is 0.00000361. The summed E-state index contributed by atoms with van der Waals surface area (Å²) < 4.78 is 64.3. The maximum Gasteiger partial charge on any atom is 0.522 e. The molecule has 0 aliphatic heterocycles. The minimum Gasteiger partial charge on any atom is -0.370 e. The van der Waals surface area contributed by atoms with Gasteiger partial charge < -0.3 is 11.1 Å². The third-order valence-corrected chi connectivity index (χ3v) is 1.83. The summed E-state index contributed by atoms with van der Waals surface area (Å²) in [6, 6.07) is 2.62. The number of nitrogens with zero attached hydrogens (tertiary/aromatic N) is 1. The first-order chi connectivity index (χ1) is 8.78. The Kier molecular flexibility index (Phi) is 7.71. The Morgan fingerprint density at radius 3 is 2.55 bits per heavy atom. The number of aliphatic imine (C=N–C) groups is 1. The molecule has 0 radical (unpaired) electrons. The van der Waals surface area contributed by atoms with Crippen LogP contribution in [-0.4, -0.2) is 25.5 Å². The molecule has 0 unspecified atom stereocenters. The molecule has 3 N–H and O–H groups in total. The molecule has 20 heavy (non-hydrogen) atoms. The highest BCUT2D eigenvalue weighted by molar-refractivity contribution is 14.0. The van der Waals surface area contributed by atoms with Gasteiger partial charge >= 0.3 is 6.36 Å². The molecule has 0 aliphatic carbocycles. The van der Waals surface area contributed by atoms with E-state index in [1.165, 1.54) is 0 Å². The van der Waals surface area contributed by atoms with E-state index in [1.54, 1.807) is 0 Å². The van der Waals surface area contributed by atoms with Crippen LogP contribution in [0.15, 0.2) is 23.2 Å². The molecular weight excluding hydrogens is 400 g/mol. The number of anilines is 1. The molecular formula is C10H11F5IN3O. The Labute approximate surface area is 128 Å². The minimum atomic E-state index is -4.74. The average Bonchev–Trinajstić information content (AvgIpc) is 2.28. The highest BCUT2D eigenvalue weighted by Crippen LogP contribution is 2.16. The van der Waals surface area contributed by atoms with Crippen molar-refractivity contribution < 1.29 is 26.7 Å². The molecule has 0 saturated carbocycles. The summed E-state index contributed by atoms with van der Waals surface area (Å²) in [5.74, 6) is -1.82. The molecule has 1 aromatic carbocycles. The molecule has 0 atom stereocenters. The predicted octanol–water partition coefficient (Wildman–Crippen LogP) is 2.85. The number of nitrogens with two attached hydrogens (primary N) is 1. The number of hydrogen-bond acceptors (Lipinski definition) is 2. The first-order valence-corrected chi connectivity index (χ1v) is 5.00. The van der Waals surface area contributed by atoms with E-state index in [4.69, 9.17) is 5.73 Å². The molecule has 0 bridgehead atoms. The van der Waals surface area contributed by atoms with Crippen LogP contribution in [0.1, 0.15) is 0 Å². The van der Waals surface area contributed by atoms with Crippen LogP contribution in [0.2, 0.25) is 0 Å². The van der Waals surface area contributed by atoms with Gasteiger partial charge in [0, 0.05) is 6.07 Å². The highest BCUT2D eigenvalue weighted by atomic mass is 127. The Morgan fingerprint density at radius 2 is 1.95 bits per heavy atom. The van der Waals surface area contributed by atoms with Gasteiger partial charge in [-0.25, -0.2) is 8.78 Å². The number of hydrogen-bond donors (Lipinski definition) is 2. The molecule has 0 amide bonds. The quantitative estimate of drug-likeness (QED) is 0.264. The zero-order chi connectivity index (χ0) is 14.5. The number of benzene rings is 1. The second-order valence-corrected chi connectivity index (χ2v) is 3.31. The molecule has 0 aliphatic rings. The van der Waals surface area contributed by atoms with E-state index in [9.17, 15) is 22.0 Å². The lowest BCUT2D eigenvalue weighted by molar-refractivity contribution is -0.323. The van der Waals surface area contributed by atoms with E-state index in [2.05, 4.69) is 15.0 Å². The number of ether oxygens (including phenoxy) is 1. The monoisotopic (exact) mass is 411 g/mol. The van der Waals surface area contributed by atoms with Crippen LogP contribution >= 0.6 is 24.0 Å². The summed E-state index contributed by atoms with van der Waals surface area (Å²) in [5, 5.41) is 2.22. The first kappa shape index (κ1) is 18.8. The van der Waals surface area contributed by atoms with Crippen LogP contribution in [0.5, 0.6) is 0 Å². The molecule has 0 aromatic heterocycles. The molecule has 1 rings (SSSR count). The van der Waals surface area contributed by atoms with Crippen LogP contribution in [-0.2, 0) is 4.74 Å². The number of guanidine groups is 1. The number of nitrogens with one attached hydrogen (secondary N) is 1. The lowest BCUT2D eigenvalue weighted by Gasteiger charge is -2.08. The summed E-state index contributed by atoms with van der Waals surface area (Å²) in [7, 11) is 0. The summed E-state index contributed by atoms with van der Waals surface area (Å²) in [5.41, 5.74) is 5.02. The van der Waals surface area contributed by atoms with E-state index in [0.717, 1.165) is 18.2 Å². The molecule has 0 saturated heterocycles. The summed E-state index contributed by atoms with van der Waals surface area (Å²) in [4.78, 5) is 3.46. The summed E-state index contributed by atoms with van der Waals surface area (Å²) in [6.45, 7) is -1.10. The lowest BCUT2D eigenvalue weighted by Crippen LogP contribution is -2.24. The van der Waals surface area contributed by atoms with Gasteiger partial charge in [-0.05, 0) is 12.1 Å². The molecule has 4 nitrogen and oxygen atoms in total. The summed E-state index contributed by atoms with van der Waals surface area (Å²) >= 11 is 0. The van der Waals surface area contributed by atoms with Crippen molar-refractivity contribution in [3.63, 3.8) is 0 Å². The predicted molar refractivity (Wildman–Crippen MR) is 73.9 cm³/mol. The van der Waals surface area contributed by atoms with Crippen molar-refractivity contribution >= 4 is 35.6 Å². The highest BCUT2D eigenvalue weighted by Gasteiger charge is 2.28. The SMILES string of the molecule is I.NC(=NCCOC(F)(F)F)Nc1cc(F)ccc1F. The van der Waals surface area contributed by atoms with Crippen molar-refractivity contribution in [1.29, 1.82) is 0 Å². The topological polar surface area (TPSA) is 59.6 Å². The third-order valence-electron chi connectivity index (χ3n) is 1.83. The van der Waals surface area contributed by atoms with Crippen molar-refractivity contribution in [3.8, 4) is 0 Å². The number of rotatable bonds is 4. The Bertz CT molecular complexity index is 467. The zero-order valence-corrected chi connectivity index (χ0v) is 12.2. The van der Waals surface area contributed by atoms with Crippen molar-refractivity contribution in [3.05, 3.63) is 29.8 Å². The van der Waals surface area contributed by atoms with Crippen molar-refractivity contribution in [2.24, 2.45) is 10.7 Å². The van der Waals surface area contributed by atoms with Crippen molar-refractivity contribution in [2.75, 3.05) is 18.5 Å². The van der Waals surface area contributed by atoms with Gasteiger partial charge in [0.25, 0.3) is 0 Å². The first-order valence-electron chi connectivity index (χ1n) is 5.00. The van der Waals surface area contributed by atoms with Gasteiger partial charge in [0.2, 0.25) is 0 Å². The normalized spacial score (nSPS) is 11.9. The third kappa shape index (κ3) is 7.43. The van der Waals surface area contributed by atoms with Crippen LogP contribution in [0.3, 0.4) is 0 Å². The molecule has 114 valence electrons. The smallest absolute Gasteiger partial charge is 0.370 e. The molecule has 1 aromatic rings. The average molecular weight is 411 g/mol. The maximum atomic E-state index is 13.2. The van der Waals surface area contributed by atoms with E-state index in [1.807, 2.05) is 0 Å². The summed E-state index contributed by atoms with van der Waals surface area (Å²) in [6.07, 6.45) is -4.74. The van der Waals surface area contributed by atoms with Crippen LogP contribution < -0.4 is 11.1 Å². The van der Waals surface area contributed by atoms with Gasteiger partial charge in [-0.2, -0.15) is 0 Å². The largest absolute Gasteiger partial charge is 0.522 e. The van der Waals surface area contributed by atoms with Gasteiger partial charge in [-0.3, -0.25) is 9.73 Å². The van der Waals surface area contributed by atoms with E-state index in [0.29, 0.717) is 0 Å². The standard InChI is InChI=1S/C10H10F5N3O.HI/c11-6-1-2-7(12)8(5-6)18-9(16)17-3-4-19-10(13,14)15;/h1-2,5H,3-4H2,(H3,16,17,18);1H. The van der Waals surface area contributed by atoms with Gasteiger partial charge in [-0.1, -0.05) is 0 Å². The lowest BCUT2D eigenvalue weighted by atomic mass is 10.3. The van der Waals surface area contributed by atoms with Gasteiger partial charge in [0.05, 0.1) is 18.8 Å². The van der Waals surface area contributed by atoms with Crippen LogP contribution in [0, 0.1) is 11.6 Å². The van der Waals surface area contributed by atoms with E-state index >= 15 is 0 Å². The second-order valence-electron chi connectivity index (χ2n) is 3.31. The Morgan fingerprint density at radius 1 is 1.30 bits per heavy atom. The fourth-order valence-electron chi connectivity index (χ4n) is 1.10. The second kappa shape index (κ2) is 8.19. The van der Waals surface area contributed by atoms with Crippen LogP contribution in [0.25, 0.3) is 0 Å².